The fraction of sp³-hybridized carbons (Fsp3) is 0.333. The number of hydrogen-bond donors (Lipinski definition) is 2. The van der Waals surface area contributed by atoms with E-state index in [1.165, 1.54) is 24.3 Å². The van der Waals surface area contributed by atoms with Gasteiger partial charge in [-0.1, -0.05) is 24.3 Å². The fourth-order valence-electron chi connectivity index (χ4n) is 3.57. The van der Waals surface area contributed by atoms with Crippen molar-refractivity contribution < 1.29 is 37.1 Å². The maximum absolute atomic E-state index is 13.3. The van der Waals surface area contributed by atoms with Crippen molar-refractivity contribution in [3.8, 4) is 0 Å². The SMILES string of the molecule is O=P(O)(O)OCC12CO[C@H](c3ccc(F)cc3)N1[C@H](c1ccc(F)cc1)OC2. The minimum Gasteiger partial charge on any atom is -0.357 e. The summed E-state index contributed by atoms with van der Waals surface area (Å²) in [5.74, 6) is -0.795. The Bertz CT molecular complexity index is 830. The number of benzene rings is 2. The second kappa shape index (κ2) is 7.27. The molecule has 0 amide bonds. The first-order valence-corrected chi connectivity index (χ1v) is 10.0. The molecule has 0 aliphatic carbocycles. The van der Waals surface area contributed by atoms with Crippen LogP contribution in [-0.2, 0) is 18.6 Å². The van der Waals surface area contributed by atoms with Crippen LogP contribution < -0.4 is 0 Å². The number of halogens is 2. The Labute approximate surface area is 159 Å². The van der Waals surface area contributed by atoms with Gasteiger partial charge in [0, 0.05) is 0 Å². The Morgan fingerprint density at radius 1 is 0.964 bits per heavy atom. The van der Waals surface area contributed by atoms with E-state index in [-0.39, 0.29) is 19.8 Å². The molecule has 28 heavy (non-hydrogen) atoms. The molecule has 7 nitrogen and oxygen atoms in total. The second-order valence-corrected chi connectivity index (χ2v) is 8.06. The van der Waals surface area contributed by atoms with Crippen molar-refractivity contribution in [3.63, 3.8) is 0 Å². The molecule has 4 rings (SSSR count). The average molecular weight is 413 g/mol. The summed E-state index contributed by atoms with van der Waals surface area (Å²) in [5.41, 5.74) is 0.341. The fourth-order valence-corrected chi connectivity index (χ4v) is 3.98. The molecule has 2 saturated heterocycles. The van der Waals surface area contributed by atoms with Crippen LogP contribution in [0.1, 0.15) is 23.6 Å². The van der Waals surface area contributed by atoms with Crippen molar-refractivity contribution in [2.75, 3.05) is 19.8 Å². The van der Waals surface area contributed by atoms with Gasteiger partial charge in [0.25, 0.3) is 0 Å². The Hall–Kier alpha value is -1.71. The van der Waals surface area contributed by atoms with E-state index in [1.54, 1.807) is 29.2 Å². The van der Waals surface area contributed by atoms with Crippen LogP contribution in [0.15, 0.2) is 48.5 Å². The van der Waals surface area contributed by atoms with E-state index in [1.807, 2.05) is 0 Å². The summed E-state index contributed by atoms with van der Waals surface area (Å²) in [6, 6.07) is 11.5. The number of ether oxygens (including phenoxy) is 2. The number of hydrogen-bond acceptors (Lipinski definition) is 5. The van der Waals surface area contributed by atoms with E-state index >= 15 is 0 Å². The third kappa shape index (κ3) is 3.75. The molecule has 3 atom stereocenters. The van der Waals surface area contributed by atoms with Crippen LogP contribution in [0.25, 0.3) is 0 Å². The molecule has 0 radical (unpaired) electrons. The number of phosphoric acid groups is 1. The summed E-state index contributed by atoms with van der Waals surface area (Å²) < 4.78 is 54.5. The van der Waals surface area contributed by atoms with Gasteiger partial charge in [0.05, 0.1) is 25.4 Å². The summed E-state index contributed by atoms with van der Waals surface area (Å²) in [7, 11) is -4.71. The average Bonchev–Trinajstić information content (AvgIpc) is 3.19. The largest absolute Gasteiger partial charge is 0.469 e. The minimum absolute atomic E-state index is 0.0900. The molecule has 2 aromatic carbocycles. The summed E-state index contributed by atoms with van der Waals surface area (Å²) in [6.07, 6.45) is -1.31. The third-order valence-corrected chi connectivity index (χ3v) is 5.35. The normalized spacial score (nSPS) is 27.9. The van der Waals surface area contributed by atoms with Crippen molar-refractivity contribution in [3.05, 3.63) is 71.3 Å². The van der Waals surface area contributed by atoms with Crippen LogP contribution in [0.5, 0.6) is 0 Å². The van der Waals surface area contributed by atoms with Crippen LogP contribution in [-0.4, -0.2) is 40.0 Å². The van der Waals surface area contributed by atoms with Crippen LogP contribution in [0.2, 0.25) is 0 Å². The summed E-state index contributed by atoms with van der Waals surface area (Å²) >= 11 is 0. The lowest BCUT2D eigenvalue weighted by atomic mass is 10.0. The summed E-state index contributed by atoms with van der Waals surface area (Å²) in [4.78, 5) is 20.0. The number of rotatable bonds is 5. The molecule has 2 heterocycles. The van der Waals surface area contributed by atoms with Crippen LogP contribution in [0.3, 0.4) is 0 Å². The van der Waals surface area contributed by atoms with E-state index in [0.29, 0.717) is 11.1 Å². The molecular formula is C18H18F2NO6P. The smallest absolute Gasteiger partial charge is 0.357 e. The first-order valence-electron chi connectivity index (χ1n) is 8.50. The first-order chi connectivity index (χ1) is 13.3. The van der Waals surface area contributed by atoms with Crippen LogP contribution in [0, 0.1) is 11.6 Å². The van der Waals surface area contributed by atoms with Gasteiger partial charge in [-0.25, -0.2) is 18.2 Å². The molecular weight excluding hydrogens is 395 g/mol. The topological polar surface area (TPSA) is 88.5 Å². The van der Waals surface area contributed by atoms with E-state index < -0.39 is 37.5 Å². The highest BCUT2D eigenvalue weighted by molar-refractivity contribution is 7.46. The van der Waals surface area contributed by atoms with Crippen molar-refractivity contribution in [2.45, 2.75) is 18.0 Å². The van der Waals surface area contributed by atoms with E-state index in [2.05, 4.69) is 0 Å². The highest BCUT2D eigenvalue weighted by Gasteiger charge is 2.57. The molecule has 150 valence electrons. The van der Waals surface area contributed by atoms with Crippen molar-refractivity contribution in [2.24, 2.45) is 0 Å². The Morgan fingerprint density at radius 2 is 1.39 bits per heavy atom. The molecule has 0 spiro atoms. The number of phosphoric ester groups is 1. The lowest BCUT2D eigenvalue weighted by Gasteiger charge is -2.34. The molecule has 2 aromatic rings. The summed E-state index contributed by atoms with van der Waals surface area (Å²) in [6.45, 7) is -0.147. The lowest BCUT2D eigenvalue weighted by Crippen LogP contribution is -2.48. The quantitative estimate of drug-likeness (QED) is 0.729. The predicted molar refractivity (Wildman–Crippen MR) is 92.8 cm³/mol. The molecule has 0 aromatic heterocycles. The molecule has 0 bridgehead atoms. The maximum atomic E-state index is 13.3. The summed E-state index contributed by atoms with van der Waals surface area (Å²) in [5, 5.41) is 0. The van der Waals surface area contributed by atoms with Gasteiger partial charge in [-0.2, -0.15) is 0 Å². The van der Waals surface area contributed by atoms with Gasteiger partial charge in [-0.05, 0) is 35.4 Å². The zero-order valence-electron chi connectivity index (χ0n) is 14.6. The molecule has 2 N–H and O–H groups in total. The Morgan fingerprint density at radius 3 is 1.79 bits per heavy atom. The van der Waals surface area contributed by atoms with Crippen LogP contribution in [0.4, 0.5) is 8.78 Å². The highest BCUT2D eigenvalue weighted by Crippen LogP contribution is 2.50. The minimum atomic E-state index is -4.71. The van der Waals surface area contributed by atoms with Crippen molar-refractivity contribution in [1.29, 1.82) is 0 Å². The Balaban J connectivity index is 1.70. The molecule has 2 aliphatic rings. The molecule has 2 aliphatic heterocycles. The number of fused-ring (bicyclic) bond motifs is 1. The predicted octanol–water partition coefficient (Wildman–Crippen LogP) is 2.87. The zero-order valence-corrected chi connectivity index (χ0v) is 15.5. The molecule has 1 unspecified atom stereocenters. The zero-order chi connectivity index (χ0) is 19.9. The van der Waals surface area contributed by atoms with Gasteiger partial charge in [-0.15, -0.1) is 0 Å². The van der Waals surface area contributed by atoms with Gasteiger partial charge < -0.3 is 19.3 Å². The van der Waals surface area contributed by atoms with Gasteiger partial charge in [0.15, 0.2) is 0 Å². The van der Waals surface area contributed by atoms with Gasteiger partial charge in [0.1, 0.15) is 24.1 Å². The van der Waals surface area contributed by atoms with Gasteiger partial charge >= 0.3 is 7.82 Å². The van der Waals surface area contributed by atoms with E-state index in [4.69, 9.17) is 23.8 Å². The van der Waals surface area contributed by atoms with Gasteiger partial charge in [-0.3, -0.25) is 4.52 Å². The molecule has 0 saturated carbocycles. The van der Waals surface area contributed by atoms with Crippen molar-refractivity contribution in [1.82, 2.24) is 4.90 Å². The monoisotopic (exact) mass is 413 g/mol. The molecule has 10 heteroatoms. The molecule has 2 fully saturated rings. The van der Waals surface area contributed by atoms with Crippen LogP contribution >= 0.6 is 7.82 Å². The van der Waals surface area contributed by atoms with Gasteiger partial charge in [0.2, 0.25) is 0 Å². The van der Waals surface area contributed by atoms with Crippen molar-refractivity contribution >= 4 is 7.82 Å². The van der Waals surface area contributed by atoms with E-state index in [0.717, 1.165) is 0 Å². The standard InChI is InChI=1S/C18H18F2NO6P/c19-14-5-1-12(2-6-14)16-21-17(13-3-7-15(20)8-4-13)26-10-18(21,9-25-16)11-27-28(22,23)24/h1-8,16-17H,9-11H2,(H2,22,23,24)/t16-,17+,18?. The first kappa shape index (κ1) is 19.6. The number of nitrogens with zero attached hydrogens (tertiary/aromatic N) is 1. The lowest BCUT2D eigenvalue weighted by molar-refractivity contribution is -0.0630. The Kier molecular flexibility index (Phi) is 5.09. The highest BCUT2D eigenvalue weighted by atomic mass is 31.2. The maximum Gasteiger partial charge on any atom is 0.469 e. The third-order valence-electron chi connectivity index (χ3n) is 4.88. The van der Waals surface area contributed by atoms with E-state index in [9.17, 15) is 13.3 Å². The second-order valence-electron chi connectivity index (χ2n) is 6.83.